The highest BCUT2D eigenvalue weighted by molar-refractivity contribution is 6.02. The Kier molecular flexibility index (Phi) is 3.49. The van der Waals surface area contributed by atoms with Gasteiger partial charge in [0, 0.05) is 5.69 Å². The van der Waals surface area contributed by atoms with Gasteiger partial charge in [0.15, 0.2) is 5.82 Å². The van der Waals surface area contributed by atoms with Crippen molar-refractivity contribution >= 4 is 23.2 Å². The number of aromatic amines is 1. The summed E-state index contributed by atoms with van der Waals surface area (Å²) in [4.78, 5) is 11.4. The first kappa shape index (κ1) is 13.7. The summed E-state index contributed by atoms with van der Waals surface area (Å²) in [5, 5.41) is 9.52. The first-order valence-electron chi connectivity index (χ1n) is 6.71. The van der Waals surface area contributed by atoms with Crippen molar-refractivity contribution in [1.29, 1.82) is 0 Å². The number of primary amides is 1. The lowest BCUT2D eigenvalue weighted by Gasteiger charge is -2.06. The van der Waals surface area contributed by atoms with E-state index in [0.717, 1.165) is 16.8 Å². The molecular formula is C16H15N5O. The van der Waals surface area contributed by atoms with Gasteiger partial charge in [0.1, 0.15) is 11.4 Å². The first-order chi connectivity index (χ1) is 10.6. The van der Waals surface area contributed by atoms with Crippen molar-refractivity contribution in [2.75, 3.05) is 11.1 Å². The van der Waals surface area contributed by atoms with Gasteiger partial charge in [-0.15, -0.1) is 0 Å². The average molecular weight is 293 g/mol. The molecule has 0 saturated carbocycles. The quantitative estimate of drug-likeness (QED) is 0.592. The smallest absolute Gasteiger partial charge is 0.256 e. The molecular weight excluding hydrogens is 278 g/mol. The van der Waals surface area contributed by atoms with Gasteiger partial charge < -0.3 is 16.8 Å². The van der Waals surface area contributed by atoms with Crippen LogP contribution in [0.5, 0.6) is 0 Å². The molecule has 1 aromatic heterocycles. The predicted octanol–water partition coefficient (Wildman–Crippen LogP) is 2.50. The number of anilines is 3. The molecule has 0 unspecified atom stereocenters. The van der Waals surface area contributed by atoms with Crippen LogP contribution in [0.15, 0.2) is 54.6 Å². The minimum atomic E-state index is -0.630. The van der Waals surface area contributed by atoms with E-state index in [2.05, 4.69) is 15.5 Å². The van der Waals surface area contributed by atoms with E-state index < -0.39 is 5.91 Å². The number of carbonyl (C=O) groups excluding carboxylic acids is 1. The molecule has 3 rings (SSSR count). The van der Waals surface area contributed by atoms with Crippen molar-refractivity contribution in [3.8, 4) is 11.1 Å². The van der Waals surface area contributed by atoms with Crippen LogP contribution in [0.3, 0.4) is 0 Å². The number of aromatic nitrogens is 2. The Bertz CT molecular complexity index is 793. The van der Waals surface area contributed by atoms with E-state index in [9.17, 15) is 4.79 Å². The fourth-order valence-electron chi connectivity index (χ4n) is 2.21. The number of rotatable bonds is 4. The highest BCUT2D eigenvalue weighted by Gasteiger charge is 2.16. The van der Waals surface area contributed by atoms with Gasteiger partial charge >= 0.3 is 0 Å². The molecule has 0 aliphatic carbocycles. The summed E-state index contributed by atoms with van der Waals surface area (Å²) >= 11 is 0. The van der Waals surface area contributed by atoms with Gasteiger partial charge in [-0.3, -0.25) is 9.89 Å². The third-order valence-electron chi connectivity index (χ3n) is 3.30. The number of carbonyl (C=O) groups is 1. The molecule has 6 nitrogen and oxygen atoms in total. The fraction of sp³-hybridized carbons (Fsp3) is 0. The highest BCUT2D eigenvalue weighted by atomic mass is 16.1. The van der Waals surface area contributed by atoms with E-state index in [1.165, 1.54) is 0 Å². The van der Waals surface area contributed by atoms with Crippen LogP contribution in [0.25, 0.3) is 11.1 Å². The standard InChI is InChI=1S/C16H15N5O/c17-14-13(15(18)22)16(21-20-14)19-12-8-6-11(7-9-12)10-4-2-1-3-5-10/h1-9H,(H2,18,22)(H4,17,19,20,21). The van der Waals surface area contributed by atoms with Gasteiger partial charge in [-0.05, 0) is 23.3 Å². The number of hydrogen-bond donors (Lipinski definition) is 4. The maximum Gasteiger partial charge on any atom is 0.256 e. The van der Waals surface area contributed by atoms with Crippen molar-refractivity contribution in [1.82, 2.24) is 10.2 Å². The normalized spacial score (nSPS) is 10.4. The number of hydrogen-bond acceptors (Lipinski definition) is 4. The Labute approximate surface area is 127 Å². The maximum atomic E-state index is 11.4. The number of nitrogens with two attached hydrogens (primary N) is 2. The molecule has 22 heavy (non-hydrogen) atoms. The largest absolute Gasteiger partial charge is 0.383 e. The number of benzene rings is 2. The van der Waals surface area contributed by atoms with E-state index in [-0.39, 0.29) is 11.4 Å². The van der Waals surface area contributed by atoms with Gasteiger partial charge in [-0.2, -0.15) is 5.10 Å². The average Bonchev–Trinajstić information content (AvgIpc) is 2.90. The molecule has 0 spiro atoms. The van der Waals surface area contributed by atoms with Crippen molar-refractivity contribution in [3.05, 3.63) is 60.2 Å². The van der Waals surface area contributed by atoms with Crippen LogP contribution in [-0.2, 0) is 0 Å². The molecule has 3 aromatic rings. The number of nitrogens with zero attached hydrogens (tertiary/aromatic N) is 1. The van der Waals surface area contributed by atoms with Gasteiger partial charge in [-0.1, -0.05) is 42.5 Å². The molecule has 0 bridgehead atoms. The summed E-state index contributed by atoms with van der Waals surface area (Å²) in [5.74, 6) is -0.164. The van der Waals surface area contributed by atoms with Gasteiger partial charge in [-0.25, -0.2) is 0 Å². The fourth-order valence-corrected chi connectivity index (χ4v) is 2.21. The predicted molar refractivity (Wildman–Crippen MR) is 86.7 cm³/mol. The minimum absolute atomic E-state index is 0.149. The molecule has 6 heteroatoms. The molecule has 0 atom stereocenters. The molecule has 0 radical (unpaired) electrons. The molecule has 110 valence electrons. The Morgan fingerprint density at radius 3 is 2.27 bits per heavy atom. The summed E-state index contributed by atoms with van der Waals surface area (Å²) in [7, 11) is 0. The topological polar surface area (TPSA) is 110 Å². The zero-order valence-electron chi connectivity index (χ0n) is 11.7. The molecule has 0 saturated heterocycles. The minimum Gasteiger partial charge on any atom is -0.383 e. The molecule has 6 N–H and O–H groups in total. The van der Waals surface area contributed by atoms with Crippen molar-refractivity contribution in [2.24, 2.45) is 5.73 Å². The molecule has 1 amide bonds. The summed E-state index contributed by atoms with van der Waals surface area (Å²) in [6.45, 7) is 0. The number of H-pyrrole nitrogens is 1. The van der Waals surface area contributed by atoms with Crippen LogP contribution in [0.2, 0.25) is 0 Å². The zero-order valence-corrected chi connectivity index (χ0v) is 11.7. The van der Waals surface area contributed by atoms with E-state index in [4.69, 9.17) is 11.5 Å². The van der Waals surface area contributed by atoms with Gasteiger partial charge in [0.05, 0.1) is 0 Å². The van der Waals surface area contributed by atoms with E-state index in [0.29, 0.717) is 5.82 Å². The summed E-state index contributed by atoms with van der Waals surface area (Å²) in [5.41, 5.74) is 14.1. The van der Waals surface area contributed by atoms with Crippen molar-refractivity contribution < 1.29 is 4.79 Å². The molecule has 0 aliphatic rings. The lowest BCUT2D eigenvalue weighted by Crippen LogP contribution is -2.14. The molecule has 0 aliphatic heterocycles. The highest BCUT2D eigenvalue weighted by Crippen LogP contribution is 2.25. The summed E-state index contributed by atoms with van der Waals surface area (Å²) in [6, 6.07) is 17.8. The Morgan fingerprint density at radius 2 is 1.64 bits per heavy atom. The van der Waals surface area contributed by atoms with Crippen LogP contribution in [0, 0.1) is 0 Å². The zero-order chi connectivity index (χ0) is 15.5. The van der Waals surface area contributed by atoms with E-state index in [1.54, 1.807) is 0 Å². The Balaban J connectivity index is 1.84. The summed E-state index contributed by atoms with van der Waals surface area (Å²) < 4.78 is 0. The first-order valence-corrected chi connectivity index (χ1v) is 6.71. The monoisotopic (exact) mass is 293 g/mol. The second kappa shape index (κ2) is 5.61. The second-order valence-electron chi connectivity index (χ2n) is 4.79. The Morgan fingerprint density at radius 1 is 1.00 bits per heavy atom. The summed E-state index contributed by atoms with van der Waals surface area (Å²) in [6.07, 6.45) is 0. The number of nitrogens with one attached hydrogen (secondary N) is 2. The second-order valence-corrected chi connectivity index (χ2v) is 4.79. The number of nitrogen functional groups attached to an aromatic ring is 1. The van der Waals surface area contributed by atoms with E-state index in [1.807, 2.05) is 54.6 Å². The maximum absolute atomic E-state index is 11.4. The van der Waals surface area contributed by atoms with Crippen molar-refractivity contribution in [2.45, 2.75) is 0 Å². The SMILES string of the molecule is NC(=O)c1c(Nc2ccc(-c3ccccc3)cc2)n[nH]c1N. The lowest BCUT2D eigenvalue weighted by molar-refractivity contribution is 0.100. The van der Waals surface area contributed by atoms with Crippen LogP contribution in [0.4, 0.5) is 17.3 Å². The van der Waals surface area contributed by atoms with E-state index >= 15 is 0 Å². The van der Waals surface area contributed by atoms with Crippen molar-refractivity contribution in [3.63, 3.8) is 0 Å². The van der Waals surface area contributed by atoms with Gasteiger partial charge in [0.25, 0.3) is 5.91 Å². The lowest BCUT2D eigenvalue weighted by atomic mass is 10.1. The Hall–Kier alpha value is -3.28. The molecule has 2 aromatic carbocycles. The van der Waals surface area contributed by atoms with Gasteiger partial charge in [0.2, 0.25) is 0 Å². The molecule has 0 fully saturated rings. The van der Waals surface area contributed by atoms with Crippen LogP contribution < -0.4 is 16.8 Å². The molecule has 1 heterocycles. The number of amides is 1. The third-order valence-corrected chi connectivity index (χ3v) is 3.30. The third kappa shape index (κ3) is 2.62. The van der Waals surface area contributed by atoms with Crippen LogP contribution >= 0.6 is 0 Å². The van der Waals surface area contributed by atoms with Crippen LogP contribution in [0.1, 0.15) is 10.4 Å². The van der Waals surface area contributed by atoms with Crippen LogP contribution in [-0.4, -0.2) is 16.1 Å².